The molecule has 0 aliphatic heterocycles. The van der Waals surface area contributed by atoms with E-state index in [4.69, 9.17) is 0 Å². The van der Waals surface area contributed by atoms with Crippen LogP contribution < -0.4 is 11.4 Å². The first-order chi connectivity index (χ1) is 10.1. The van der Waals surface area contributed by atoms with Crippen LogP contribution in [0.5, 0.6) is 0 Å². The molecule has 0 saturated heterocycles. The summed E-state index contributed by atoms with van der Waals surface area (Å²) in [6.45, 7) is 3.73. The number of carbonyl (C=O) groups is 1. The Hall–Kier alpha value is -2.37. The van der Waals surface area contributed by atoms with E-state index >= 15 is 0 Å². The molecule has 0 radical (unpaired) electrons. The Labute approximate surface area is 122 Å². The van der Waals surface area contributed by atoms with Gasteiger partial charge in [-0.05, 0) is 25.0 Å². The van der Waals surface area contributed by atoms with E-state index in [1.165, 1.54) is 0 Å². The van der Waals surface area contributed by atoms with Crippen LogP contribution in [-0.2, 0) is 4.79 Å². The second kappa shape index (κ2) is 6.39. The highest BCUT2D eigenvalue weighted by molar-refractivity contribution is 5.82. The molecule has 0 aliphatic rings. The molecule has 6 nitrogen and oxygen atoms in total. The van der Waals surface area contributed by atoms with Gasteiger partial charge in [-0.2, -0.15) is 0 Å². The lowest BCUT2D eigenvalue weighted by atomic mass is 10.1. The summed E-state index contributed by atoms with van der Waals surface area (Å²) in [7, 11) is 0. The number of hydrogen-bond donors (Lipinski definition) is 1. The van der Waals surface area contributed by atoms with Crippen LogP contribution in [0.1, 0.15) is 39.2 Å². The van der Waals surface area contributed by atoms with E-state index in [2.05, 4.69) is 5.10 Å². The summed E-state index contributed by atoms with van der Waals surface area (Å²) in [4.78, 5) is 36.6. The van der Waals surface area contributed by atoms with Gasteiger partial charge in [-0.1, -0.05) is 32.0 Å². The smallest absolute Gasteiger partial charge is 0.297 e. The van der Waals surface area contributed by atoms with E-state index in [0.717, 1.165) is 9.25 Å². The number of benzene rings is 1. The normalized spacial score (nSPS) is 12.3. The van der Waals surface area contributed by atoms with Gasteiger partial charge in [0.1, 0.15) is 6.04 Å². The number of rotatable bonds is 6. The highest BCUT2D eigenvalue weighted by atomic mass is 16.2. The van der Waals surface area contributed by atoms with Crippen LogP contribution in [0.2, 0.25) is 0 Å². The fraction of sp³-hybridized carbons (Fsp3) is 0.400. The van der Waals surface area contributed by atoms with E-state index in [1.807, 2.05) is 13.8 Å². The maximum atomic E-state index is 12.4. The van der Waals surface area contributed by atoms with Crippen LogP contribution in [0.3, 0.4) is 0 Å². The van der Waals surface area contributed by atoms with Crippen molar-refractivity contribution in [2.75, 3.05) is 0 Å². The minimum atomic E-state index is -0.616. The van der Waals surface area contributed by atoms with Gasteiger partial charge < -0.3 is 0 Å². The molecule has 0 spiro atoms. The average Bonchev–Trinajstić information content (AvgIpc) is 2.76. The Balaban J connectivity index is 2.51. The summed E-state index contributed by atoms with van der Waals surface area (Å²) in [5.74, 6) is -0.0384. The van der Waals surface area contributed by atoms with Crippen LogP contribution >= 0.6 is 0 Å². The molecule has 1 unspecified atom stereocenters. The number of para-hydroxylation sites is 1. The monoisotopic (exact) mass is 289 g/mol. The predicted molar refractivity (Wildman–Crippen MR) is 79.9 cm³/mol. The van der Waals surface area contributed by atoms with Gasteiger partial charge >= 0.3 is 11.4 Å². The molecule has 6 heteroatoms. The van der Waals surface area contributed by atoms with Gasteiger partial charge in [0.05, 0.1) is 5.69 Å². The number of nitrogens with one attached hydrogen (secondary N) is 1. The molecule has 0 bridgehead atoms. The van der Waals surface area contributed by atoms with E-state index in [0.29, 0.717) is 24.9 Å². The van der Waals surface area contributed by atoms with Gasteiger partial charge in [0.25, 0.3) is 0 Å². The number of hydrogen-bond acceptors (Lipinski definition) is 3. The fourth-order valence-electron chi connectivity index (χ4n) is 2.38. The van der Waals surface area contributed by atoms with E-state index < -0.39 is 17.4 Å². The van der Waals surface area contributed by atoms with Crippen molar-refractivity contribution < 1.29 is 4.79 Å². The third kappa shape index (κ3) is 2.89. The Morgan fingerprint density at radius 2 is 1.86 bits per heavy atom. The first kappa shape index (κ1) is 15.0. The molecule has 21 heavy (non-hydrogen) atoms. The number of nitrogens with zero attached hydrogens (tertiary/aromatic N) is 2. The highest BCUT2D eigenvalue weighted by Gasteiger charge is 2.22. The lowest BCUT2D eigenvalue weighted by molar-refractivity contribution is -0.122. The number of carbonyl (C=O) groups excluding carboxylic acids is 1. The zero-order valence-corrected chi connectivity index (χ0v) is 12.2. The standard InChI is InChI=1S/C15H19N3O3/c1-3-8-13(19)12(4-2)18-15(21)17(14(20)16-18)11-9-6-5-7-10-11/h5-7,9-10,12H,3-4,8H2,1-2H3,(H,16,20). The van der Waals surface area contributed by atoms with Crippen LogP contribution in [-0.4, -0.2) is 20.1 Å². The van der Waals surface area contributed by atoms with Crippen molar-refractivity contribution in [1.82, 2.24) is 14.3 Å². The van der Waals surface area contributed by atoms with Crippen molar-refractivity contribution in [3.8, 4) is 5.69 Å². The van der Waals surface area contributed by atoms with Gasteiger partial charge in [0, 0.05) is 6.42 Å². The van der Waals surface area contributed by atoms with Crippen molar-refractivity contribution in [2.45, 2.75) is 39.2 Å². The topological polar surface area (TPSA) is 76.9 Å². The van der Waals surface area contributed by atoms with Crippen molar-refractivity contribution in [1.29, 1.82) is 0 Å². The van der Waals surface area contributed by atoms with Crippen LogP contribution in [0.25, 0.3) is 5.69 Å². The number of aromatic nitrogens is 3. The molecule has 0 amide bonds. The molecule has 0 fully saturated rings. The van der Waals surface area contributed by atoms with Gasteiger partial charge in [-0.3, -0.25) is 4.79 Å². The van der Waals surface area contributed by atoms with Crippen LogP contribution in [0, 0.1) is 0 Å². The molecule has 2 rings (SSSR count). The van der Waals surface area contributed by atoms with Gasteiger partial charge in [-0.15, -0.1) is 0 Å². The van der Waals surface area contributed by atoms with Crippen molar-refractivity contribution in [3.63, 3.8) is 0 Å². The van der Waals surface area contributed by atoms with E-state index in [9.17, 15) is 14.4 Å². The third-order valence-corrected chi connectivity index (χ3v) is 3.40. The summed E-state index contributed by atoms with van der Waals surface area (Å²) >= 11 is 0. The van der Waals surface area contributed by atoms with Gasteiger partial charge in [-0.25, -0.2) is 23.9 Å². The Bertz CT molecular complexity index is 725. The molecule has 112 valence electrons. The molecule has 1 heterocycles. The summed E-state index contributed by atoms with van der Waals surface area (Å²) in [5, 5.41) is 2.49. The summed E-state index contributed by atoms with van der Waals surface area (Å²) in [5.41, 5.74) is -0.559. The first-order valence-electron chi connectivity index (χ1n) is 7.11. The Kier molecular flexibility index (Phi) is 4.57. The number of H-pyrrole nitrogens is 1. The first-order valence-corrected chi connectivity index (χ1v) is 7.11. The van der Waals surface area contributed by atoms with Crippen molar-refractivity contribution in [2.24, 2.45) is 0 Å². The number of ketones is 1. The lowest BCUT2D eigenvalue weighted by Gasteiger charge is -2.12. The molecule has 1 atom stereocenters. The Morgan fingerprint density at radius 3 is 2.43 bits per heavy atom. The van der Waals surface area contributed by atoms with E-state index in [-0.39, 0.29) is 5.78 Å². The largest absolute Gasteiger partial charge is 0.352 e. The second-order valence-corrected chi connectivity index (χ2v) is 4.88. The molecule has 1 aromatic carbocycles. The molecule has 1 aromatic heterocycles. The molecular formula is C15H19N3O3. The van der Waals surface area contributed by atoms with Crippen LogP contribution in [0.4, 0.5) is 0 Å². The number of Topliss-reactive ketones (excluding diaryl/α,β-unsaturated/α-hetero) is 1. The minimum Gasteiger partial charge on any atom is -0.297 e. The molecule has 2 aromatic rings. The zero-order valence-electron chi connectivity index (χ0n) is 12.2. The van der Waals surface area contributed by atoms with E-state index in [1.54, 1.807) is 30.3 Å². The van der Waals surface area contributed by atoms with Crippen LogP contribution in [0.15, 0.2) is 39.9 Å². The minimum absolute atomic E-state index is 0.0384. The number of aromatic amines is 1. The Morgan fingerprint density at radius 1 is 1.19 bits per heavy atom. The summed E-state index contributed by atoms with van der Waals surface area (Å²) in [6.07, 6.45) is 1.57. The zero-order chi connectivity index (χ0) is 15.4. The van der Waals surface area contributed by atoms with Gasteiger partial charge in [0.2, 0.25) is 0 Å². The molecule has 0 aliphatic carbocycles. The lowest BCUT2D eigenvalue weighted by Crippen LogP contribution is -2.32. The average molecular weight is 289 g/mol. The highest BCUT2D eigenvalue weighted by Crippen LogP contribution is 2.12. The molecule has 0 saturated carbocycles. The quantitative estimate of drug-likeness (QED) is 0.878. The summed E-state index contributed by atoms with van der Waals surface area (Å²) < 4.78 is 2.19. The van der Waals surface area contributed by atoms with Crippen molar-refractivity contribution >= 4 is 5.78 Å². The van der Waals surface area contributed by atoms with Crippen molar-refractivity contribution in [3.05, 3.63) is 51.3 Å². The molecule has 1 N–H and O–H groups in total. The maximum absolute atomic E-state index is 12.4. The predicted octanol–water partition coefficient (Wildman–Crippen LogP) is 1.65. The second-order valence-electron chi connectivity index (χ2n) is 4.88. The third-order valence-electron chi connectivity index (χ3n) is 3.40. The summed E-state index contributed by atoms with van der Waals surface area (Å²) in [6, 6.07) is 8.04. The fourth-order valence-corrected chi connectivity index (χ4v) is 2.38. The molecular weight excluding hydrogens is 270 g/mol. The van der Waals surface area contributed by atoms with Gasteiger partial charge in [0.15, 0.2) is 5.78 Å². The maximum Gasteiger partial charge on any atom is 0.352 e. The SMILES string of the molecule is CCCC(=O)C(CC)n1[nH]c(=O)n(-c2ccccc2)c1=O.